The van der Waals surface area contributed by atoms with Crippen LogP contribution in [0.25, 0.3) is 0 Å². The molecule has 5 nitrogen and oxygen atoms in total. The maximum Gasteiger partial charge on any atom is 0.240 e. The van der Waals surface area contributed by atoms with Gasteiger partial charge in [-0.2, -0.15) is 0 Å². The van der Waals surface area contributed by atoms with Crippen LogP contribution < -0.4 is 9.46 Å². The van der Waals surface area contributed by atoms with Crippen molar-refractivity contribution in [2.45, 2.75) is 16.8 Å². The Bertz CT molecular complexity index is 685. The van der Waals surface area contributed by atoms with Crippen LogP contribution in [-0.2, 0) is 21.9 Å². The Morgan fingerprint density at radius 3 is 2.33 bits per heavy atom. The van der Waals surface area contributed by atoms with E-state index in [1.807, 2.05) is 0 Å². The second-order valence-corrected chi connectivity index (χ2v) is 6.64. The van der Waals surface area contributed by atoms with Gasteiger partial charge in [-0.15, -0.1) is 0 Å². The van der Waals surface area contributed by atoms with Gasteiger partial charge in [0, 0.05) is 24.1 Å². The molecule has 1 heterocycles. The Labute approximate surface area is 132 Å². The van der Waals surface area contributed by atoms with Crippen LogP contribution in [0.1, 0.15) is 11.1 Å². The number of hydrogen-bond acceptors (Lipinski definition) is 4. The quantitative estimate of drug-likeness (QED) is 0.793. The highest BCUT2D eigenvalue weighted by Gasteiger charge is 2.13. The number of aromatic nitrogens is 1. The molecule has 0 aliphatic carbocycles. The van der Waals surface area contributed by atoms with Crippen molar-refractivity contribution in [3.05, 3.63) is 53.7 Å². The van der Waals surface area contributed by atoms with E-state index in [1.54, 1.807) is 42.6 Å². The van der Waals surface area contributed by atoms with Crippen molar-refractivity contribution < 1.29 is 13.2 Å². The van der Waals surface area contributed by atoms with E-state index in [2.05, 4.69) is 25.6 Å². The summed E-state index contributed by atoms with van der Waals surface area (Å²) in [5.74, 6) is 0.493. The fraction of sp³-hybridized carbons (Fsp3) is 0.214. The minimum absolute atomic E-state index is 0.180. The molecule has 1 N–H and O–H groups in total. The smallest absolute Gasteiger partial charge is 0.240 e. The summed E-state index contributed by atoms with van der Waals surface area (Å²) in [5, 5.41) is 0.693. The minimum Gasteiger partial charge on any atom is -0.481 e. The summed E-state index contributed by atoms with van der Waals surface area (Å²) in [6, 6.07) is 10.2. The first-order valence-corrected chi connectivity index (χ1v) is 8.79. The topological polar surface area (TPSA) is 68.3 Å². The monoisotopic (exact) mass is 370 g/mol. The van der Waals surface area contributed by atoms with E-state index in [0.29, 0.717) is 11.2 Å². The Hall–Kier alpha value is -1.44. The van der Waals surface area contributed by atoms with Gasteiger partial charge in [0.25, 0.3) is 0 Å². The third-order valence-electron chi connectivity index (χ3n) is 2.86. The molecule has 0 bridgehead atoms. The molecule has 0 unspecified atom stereocenters. The van der Waals surface area contributed by atoms with Gasteiger partial charge < -0.3 is 4.74 Å². The van der Waals surface area contributed by atoms with Crippen LogP contribution >= 0.6 is 15.9 Å². The molecular weight excluding hydrogens is 356 g/mol. The van der Waals surface area contributed by atoms with Gasteiger partial charge in [0.05, 0.1) is 12.0 Å². The number of benzene rings is 1. The molecule has 0 radical (unpaired) electrons. The lowest BCUT2D eigenvalue weighted by atomic mass is 10.2. The van der Waals surface area contributed by atoms with E-state index in [1.165, 1.54) is 7.11 Å². The van der Waals surface area contributed by atoms with Crippen LogP contribution in [0.5, 0.6) is 5.88 Å². The van der Waals surface area contributed by atoms with Crippen LogP contribution in [0.15, 0.2) is 47.5 Å². The lowest BCUT2D eigenvalue weighted by Crippen LogP contribution is -2.23. The molecule has 0 spiro atoms. The van der Waals surface area contributed by atoms with Gasteiger partial charge in [0.1, 0.15) is 0 Å². The predicted molar refractivity (Wildman–Crippen MR) is 83.9 cm³/mol. The summed E-state index contributed by atoms with van der Waals surface area (Å²) >= 11 is 3.32. The van der Waals surface area contributed by atoms with E-state index in [-0.39, 0.29) is 11.4 Å². The predicted octanol–water partition coefficient (Wildman–Crippen LogP) is 2.46. The molecule has 0 atom stereocenters. The summed E-state index contributed by atoms with van der Waals surface area (Å²) in [6.07, 6.45) is 1.58. The van der Waals surface area contributed by atoms with Crippen LogP contribution in [0.3, 0.4) is 0 Å². The van der Waals surface area contributed by atoms with Crippen molar-refractivity contribution in [3.63, 3.8) is 0 Å². The number of rotatable bonds is 6. The molecule has 2 aromatic rings. The van der Waals surface area contributed by atoms with Crippen molar-refractivity contribution in [1.29, 1.82) is 0 Å². The summed E-state index contributed by atoms with van der Waals surface area (Å²) < 4.78 is 31.8. The van der Waals surface area contributed by atoms with Crippen molar-refractivity contribution >= 4 is 26.0 Å². The lowest BCUT2D eigenvalue weighted by molar-refractivity contribution is 0.397. The molecule has 7 heteroatoms. The molecule has 0 fully saturated rings. The molecule has 0 saturated carbocycles. The number of pyridine rings is 1. The summed E-state index contributed by atoms with van der Waals surface area (Å²) in [5.41, 5.74) is 1.78. The number of ether oxygens (including phenoxy) is 1. The molecule has 0 aliphatic heterocycles. The first-order valence-electron chi connectivity index (χ1n) is 6.18. The van der Waals surface area contributed by atoms with Gasteiger partial charge in [-0.25, -0.2) is 18.1 Å². The maximum absolute atomic E-state index is 12.2. The van der Waals surface area contributed by atoms with Gasteiger partial charge in [-0.05, 0) is 23.3 Å². The Balaban J connectivity index is 2.05. The lowest BCUT2D eigenvalue weighted by Gasteiger charge is -2.07. The second kappa shape index (κ2) is 7.02. The van der Waals surface area contributed by atoms with Crippen LogP contribution in [-0.4, -0.2) is 20.5 Å². The zero-order valence-electron chi connectivity index (χ0n) is 11.4. The average molecular weight is 371 g/mol. The first-order chi connectivity index (χ1) is 10.0. The third kappa shape index (κ3) is 4.26. The molecular formula is C14H15BrN2O3S. The zero-order valence-corrected chi connectivity index (χ0v) is 13.8. The van der Waals surface area contributed by atoms with Gasteiger partial charge in [0.15, 0.2) is 0 Å². The Morgan fingerprint density at radius 1 is 1.14 bits per heavy atom. The normalized spacial score (nSPS) is 11.3. The van der Waals surface area contributed by atoms with E-state index in [4.69, 9.17) is 4.74 Å². The molecule has 2 rings (SSSR count). The van der Waals surface area contributed by atoms with Crippen molar-refractivity contribution in [2.75, 3.05) is 7.11 Å². The maximum atomic E-state index is 12.2. The van der Waals surface area contributed by atoms with Crippen LogP contribution in [0.4, 0.5) is 0 Å². The minimum atomic E-state index is -3.52. The molecule has 0 saturated heterocycles. The van der Waals surface area contributed by atoms with Gasteiger partial charge in [-0.1, -0.05) is 34.1 Å². The third-order valence-corrected chi connectivity index (χ3v) is 4.93. The fourth-order valence-electron chi connectivity index (χ4n) is 1.66. The van der Waals surface area contributed by atoms with Gasteiger partial charge >= 0.3 is 0 Å². The SMILES string of the molecule is COc1ccc(CNS(=O)(=O)c2ccc(CBr)cc2)cn1. The number of methoxy groups -OCH3 is 1. The van der Waals surface area contributed by atoms with Gasteiger partial charge in [-0.3, -0.25) is 0 Å². The largest absolute Gasteiger partial charge is 0.481 e. The molecule has 112 valence electrons. The molecule has 0 amide bonds. The number of nitrogens with zero attached hydrogens (tertiary/aromatic N) is 1. The van der Waals surface area contributed by atoms with Gasteiger partial charge in [0.2, 0.25) is 15.9 Å². The number of hydrogen-bond donors (Lipinski definition) is 1. The zero-order chi connectivity index (χ0) is 15.3. The standard InChI is InChI=1S/C14H15BrN2O3S/c1-20-14-7-4-12(9-16-14)10-17-21(18,19)13-5-2-11(8-15)3-6-13/h2-7,9,17H,8,10H2,1H3. The molecule has 1 aromatic heterocycles. The highest BCUT2D eigenvalue weighted by Crippen LogP contribution is 2.13. The molecule has 0 aliphatic rings. The van der Waals surface area contributed by atoms with Crippen molar-refractivity contribution in [3.8, 4) is 5.88 Å². The highest BCUT2D eigenvalue weighted by molar-refractivity contribution is 9.08. The van der Waals surface area contributed by atoms with E-state index < -0.39 is 10.0 Å². The van der Waals surface area contributed by atoms with E-state index in [9.17, 15) is 8.42 Å². The summed E-state index contributed by atoms with van der Waals surface area (Å²) in [7, 11) is -1.99. The first kappa shape index (κ1) is 15.9. The van der Waals surface area contributed by atoms with Crippen LogP contribution in [0, 0.1) is 0 Å². The Kier molecular flexibility index (Phi) is 5.33. The Morgan fingerprint density at radius 2 is 1.81 bits per heavy atom. The summed E-state index contributed by atoms with van der Waals surface area (Å²) in [6.45, 7) is 0.180. The van der Waals surface area contributed by atoms with E-state index in [0.717, 1.165) is 11.1 Å². The van der Waals surface area contributed by atoms with Crippen LogP contribution in [0.2, 0.25) is 0 Å². The molecule has 21 heavy (non-hydrogen) atoms. The highest BCUT2D eigenvalue weighted by atomic mass is 79.9. The number of nitrogens with one attached hydrogen (secondary N) is 1. The number of halogens is 1. The van der Waals surface area contributed by atoms with Crippen molar-refractivity contribution in [1.82, 2.24) is 9.71 Å². The van der Waals surface area contributed by atoms with Crippen molar-refractivity contribution in [2.24, 2.45) is 0 Å². The fourth-order valence-corrected chi connectivity index (χ4v) is 3.05. The average Bonchev–Trinajstić information content (AvgIpc) is 2.53. The second-order valence-electron chi connectivity index (χ2n) is 4.31. The number of sulfonamides is 1. The summed E-state index contributed by atoms with van der Waals surface area (Å²) in [4.78, 5) is 4.28. The number of alkyl halides is 1. The molecule has 1 aromatic carbocycles. The van der Waals surface area contributed by atoms with E-state index >= 15 is 0 Å².